The number of aromatic hydroxyl groups is 1. The van der Waals surface area contributed by atoms with Crippen LogP contribution >= 0.6 is 0 Å². The predicted molar refractivity (Wildman–Crippen MR) is 94.9 cm³/mol. The van der Waals surface area contributed by atoms with E-state index in [9.17, 15) is 9.90 Å². The minimum atomic E-state index is -0.340. The number of fused-ring (bicyclic) bond motifs is 1. The molecule has 1 heterocycles. The number of carbonyl (C=O) groups excluding carboxylic acids is 1. The lowest BCUT2D eigenvalue weighted by Crippen LogP contribution is -2.43. The number of rotatable bonds is 4. The van der Waals surface area contributed by atoms with Gasteiger partial charge in [-0.2, -0.15) is 0 Å². The fraction of sp³-hybridized carbons (Fsp3) is 0.450. The standard InChI is InChI=1S/C20H25NO3/c1-3-24-19(23)20(2)8-10-21(11-9-20)14-15-4-5-17-13-18(22)7-6-16(17)12-15/h4-7,12-13,22H,3,8-11,14H2,1-2H3. The Hall–Kier alpha value is -2.07. The first-order valence-electron chi connectivity index (χ1n) is 8.61. The monoisotopic (exact) mass is 327 g/mol. The van der Waals surface area contributed by atoms with Gasteiger partial charge in [0.05, 0.1) is 12.0 Å². The van der Waals surface area contributed by atoms with E-state index in [2.05, 4.69) is 23.1 Å². The number of carbonyl (C=O) groups is 1. The summed E-state index contributed by atoms with van der Waals surface area (Å²) in [5, 5.41) is 11.7. The maximum absolute atomic E-state index is 12.1. The van der Waals surface area contributed by atoms with Crippen LogP contribution in [-0.2, 0) is 16.1 Å². The van der Waals surface area contributed by atoms with Crippen molar-refractivity contribution >= 4 is 16.7 Å². The Morgan fingerprint density at radius 2 is 1.83 bits per heavy atom. The summed E-state index contributed by atoms with van der Waals surface area (Å²) in [6, 6.07) is 11.8. The van der Waals surface area contributed by atoms with Crippen molar-refractivity contribution < 1.29 is 14.6 Å². The Balaban J connectivity index is 1.64. The van der Waals surface area contributed by atoms with Gasteiger partial charge in [0.2, 0.25) is 0 Å². The van der Waals surface area contributed by atoms with Crippen molar-refractivity contribution in [2.24, 2.45) is 5.41 Å². The second-order valence-corrected chi connectivity index (χ2v) is 6.92. The molecule has 0 bridgehead atoms. The number of phenolic OH excluding ortho intramolecular Hbond substituents is 1. The van der Waals surface area contributed by atoms with Crippen LogP contribution in [0.2, 0.25) is 0 Å². The van der Waals surface area contributed by atoms with Gasteiger partial charge in [0.1, 0.15) is 5.75 Å². The second-order valence-electron chi connectivity index (χ2n) is 6.92. The zero-order chi connectivity index (χ0) is 17.2. The van der Waals surface area contributed by atoms with Gasteiger partial charge in [0.15, 0.2) is 0 Å². The molecule has 4 heteroatoms. The van der Waals surface area contributed by atoms with E-state index in [1.165, 1.54) is 5.56 Å². The molecule has 0 aliphatic carbocycles. The Bertz CT molecular complexity index is 733. The number of nitrogens with zero attached hydrogens (tertiary/aromatic N) is 1. The van der Waals surface area contributed by atoms with Gasteiger partial charge in [0.25, 0.3) is 0 Å². The molecule has 0 atom stereocenters. The van der Waals surface area contributed by atoms with Crippen LogP contribution in [0, 0.1) is 5.41 Å². The Kier molecular flexibility index (Phi) is 4.76. The number of esters is 1. The first-order valence-corrected chi connectivity index (χ1v) is 8.61. The highest BCUT2D eigenvalue weighted by Gasteiger charge is 2.38. The molecule has 0 radical (unpaired) electrons. The maximum atomic E-state index is 12.1. The molecule has 24 heavy (non-hydrogen) atoms. The molecule has 3 rings (SSSR count). The molecule has 0 saturated carbocycles. The van der Waals surface area contributed by atoms with Crippen molar-refractivity contribution in [1.82, 2.24) is 4.90 Å². The fourth-order valence-electron chi connectivity index (χ4n) is 3.35. The van der Waals surface area contributed by atoms with E-state index in [-0.39, 0.29) is 11.4 Å². The highest BCUT2D eigenvalue weighted by atomic mass is 16.5. The smallest absolute Gasteiger partial charge is 0.311 e. The average molecular weight is 327 g/mol. The molecule has 0 spiro atoms. The van der Waals surface area contributed by atoms with Crippen molar-refractivity contribution in [1.29, 1.82) is 0 Å². The van der Waals surface area contributed by atoms with Crippen molar-refractivity contribution in [3.8, 4) is 5.75 Å². The second kappa shape index (κ2) is 6.81. The van der Waals surface area contributed by atoms with Crippen LogP contribution in [0.4, 0.5) is 0 Å². The average Bonchev–Trinajstić information content (AvgIpc) is 2.57. The van der Waals surface area contributed by atoms with Gasteiger partial charge in [-0.3, -0.25) is 9.69 Å². The molecule has 128 valence electrons. The molecular formula is C20H25NO3. The van der Waals surface area contributed by atoms with Crippen molar-refractivity contribution in [3.05, 3.63) is 42.0 Å². The van der Waals surface area contributed by atoms with E-state index in [4.69, 9.17) is 4.74 Å². The first-order chi connectivity index (χ1) is 11.5. The van der Waals surface area contributed by atoms with Gasteiger partial charge in [0, 0.05) is 6.54 Å². The van der Waals surface area contributed by atoms with Crippen molar-refractivity contribution in [2.45, 2.75) is 33.2 Å². The molecule has 2 aromatic rings. The van der Waals surface area contributed by atoms with E-state index < -0.39 is 0 Å². The summed E-state index contributed by atoms with van der Waals surface area (Å²) in [6.45, 7) is 7.02. The van der Waals surface area contributed by atoms with Crippen LogP contribution in [0.15, 0.2) is 36.4 Å². The third-order valence-corrected chi connectivity index (χ3v) is 5.02. The summed E-state index contributed by atoms with van der Waals surface area (Å²) in [7, 11) is 0. The van der Waals surface area contributed by atoms with Crippen molar-refractivity contribution in [2.75, 3.05) is 19.7 Å². The lowest BCUT2D eigenvalue weighted by molar-refractivity contribution is -0.157. The Morgan fingerprint density at radius 3 is 2.54 bits per heavy atom. The van der Waals surface area contributed by atoms with Crippen LogP contribution in [0.5, 0.6) is 5.75 Å². The minimum Gasteiger partial charge on any atom is -0.508 e. The van der Waals surface area contributed by atoms with Crippen LogP contribution in [0.1, 0.15) is 32.3 Å². The molecule has 1 aliphatic rings. The van der Waals surface area contributed by atoms with Gasteiger partial charge in [-0.25, -0.2) is 0 Å². The number of ether oxygens (including phenoxy) is 1. The topological polar surface area (TPSA) is 49.8 Å². The first kappa shape index (κ1) is 16.8. The van der Waals surface area contributed by atoms with Gasteiger partial charge in [-0.1, -0.05) is 18.2 Å². The molecule has 1 saturated heterocycles. The quantitative estimate of drug-likeness (QED) is 0.870. The zero-order valence-corrected chi connectivity index (χ0v) is 14.4. The van der Waals surface area contributed by atoms with Crippen LogP contribution in [-0.4, -0.2) is 35.7 Å². The van der Waals surface area contributed by atoms with E-state index in [0.717, 1.165) is 43.2 Å². The summed E-state index contributed by atoms with van der Waals surface area (Å²) in [4.78, 5) is 14.5. The van der Waals surface area contributed by atoms with Crippen LogP contribution < -0.4 is 0 Å². The highest BCUT2D eigenvalue weighted by molar-refractivity contribution is 5.84. The summed E-state index contributed by atoms with van der Waals surface area (Å²) in [5.74, 6) is 0.236. The molecule has 4 nitrogen and oxygen atoms in total. The lowest BCUT2D eigenvalue weighted by atomic mass is 9.80. The number of benzene rings is 2. The molecule has 1 aliphatic heterocycles. The van der Waals surface area contributed by atoms with Crippen LogP contribution in [0.3, 0.4) is 0 Å². The predicted octanol–water partition coefficient (Wildman–Crippen LogP) is 3.71. The summed E-state index contributed by atoms with van der Waals surface area (Å²) < 4.78 is 5.22. The summed E-state index contributed by atoms with van der Waals surface area (Å²) in [5.41, 5.74) is 0.917. The number of hydrogen-bond donors (Lipinski definition) is 1. The largest absolute Gasteiger partial charge is 0.508 e. The number of hydrogen-bond acceptors (Lipinski definition) is 4. The van der Waals surface area contributed by atoms with Gasteiger partial charge < -0.3 is 9.84 Å². The lowest BCUT2D eigenvalue weighted by Gasteiger charge is -2.37. The molecule has 0 unspecified atom stereocenters. The number of likely N-dealkylation sites (tertiary alicyclic amines) is 1. The van der Waals surface area contributed by atoms with Gasteiger partial charge in [-0.15, -0.1) is 0 Å². The number of piperidine rings is 1. The summed E-state index contributed by atoms with van der Waals surface area (Å²) in [6.07, 6.45) is 1.68. The maximum Gasteiger partial charge on any atom is 0.311 e. The van der Waals surface area contributed by atoms with Gasteiger partial charge in [-0.05, 0) is 74.3 Å². The molecule has 2 aromatic carbocycles. The molecule has 1 N–H and O–H groups in total. The highest BCUT2D eigenvalue weighted by Crippen LogP contribution is 2.33. The number of phenols is 1. The van der Waals surface area contributed by atoms with Crippen molar-refractivity contribution in [3.63, 3.8) is 0 Å². The molecular weight excluding hydrogens is 302 g/mol. The molecule has 0 amide bonds. The third kappa shape index (κ3) is 3.54. The minimum absolute atomic E-state index is 0.0600. The SMILES string of the molecule is CCOC(=O)C1(C)CCN(Cc2ccc3cc(O)ccc3c2)CC1. The van der Waals surface area contributed by atoms with E-state index in [1.807, 2.05) is 19.9 Å². The Morgan fingerprint density at radius 1 is 1.17 bits per heavy atom. The zero-order valence-electron chi connectivity index (χ0n) is 14.4. The molecule has 0 aromatic heterocycles. The molecule has 1 fully saturated rings. The van der Waals surface area contributed by atoms with Gasteiger partial charge >= 0.3 is 5.97 Å². The third-order valence-electron chi connectivity index (χ3n) is 5.02. The fourth-order valence-corrected chi connectivity index (χ4v) is 3.35. The summed E-state index contributed by atoms with van der Waals surface area (Å²) >= 11 is 0. The van der Waals surface area contributed by atoms with E-state index in [1.54, 1.807) is 12.1 Å². The Labute approximate surface area is 143 Å². The van der Waals surface area contributed by atoms with Crippen LogP contribution in [0.25, 0.3) is 10.8 Å². The van der Waals surface area contributed by atoms with E-state index >= 15 is 0 Å². The van der Waals surface area contributed by atoms with E-state index in [0.29, 0.717) is 12.4 Å². The normalized spacial score (nSPS) is 17.8.